The molecule has 0 spiro atoms. The molecule has 0 saturated heterocycles. The summed E-state index contributed by atoms with van der Waals surface area (Å²) in [6, 6.07) is 17.9. The first-order chi connectivity index (χ1) is 9.99. The average molecular weight is 282 g/mol. The molecular weight excluding hydrogens is 264 g/mol. The van der Waals surface area contributed by atoms with Gasteiger partial charge in [0, 0.05) is 17.7 Å². The third-order valence-corrected chi connectivity index (χ3v) is 3.17. The van der Waals surface area contributed by atoms with Gasteiger partial charge in [0.1, 0.15) is 5.54 Å². The molecule has 1 unspecified atom stereocenters. The summed E-state index contributed by atoms with van der Waals surface area (Å²) >= 11 is 0. The smallest absolute Gasteiger partial charge is 0.244 e. The van der Waals surface area contributed by atoms with E-state index in [2.05, 4.69) is 5.32 Å². The maximum atomic E-state index is 12.2. The maximum Gasteiger partial charge on any atom is 0.244 e. The zero-order valence-corrected chi connectivity index (χ0v) is 11.9. The highest BCUT2D eigenvalue weighted by Gasteiger charge is 2.31. The topological polar surface area (TPSA) is 72.2 Å². The molecule has 0 aliphatic heterocycles. The number of hydrogen-bond acceptors (Lipinski definition) is 3. The maximum absolute atomic E-state index is 12.2. The Morgan fingerprint density at radius 3 is 2.10 bits per heavy atom. The van der Waals surface area contributed by atoms with Gasteiger partial charge in [-0.3, -0.25) is 9.59 Å². The van der Waals surface area contributed by atoms with Gasteiger partial charge >= 0.3 is 0 Å². The quantitative estimate of drug-likeness (QED) is 0.828. The molecule has 0 bridgehead atoms. The average Bonchev–Trinajstić information content (AvgIpc) is 2.48. The highest BCUT2D eigenvalue weighted by atomic mass is 16.2. The van der Waals surface area contributed by atoms with Crippen molar-refractivity contribution in [1.29, 1.82) is 0 Å². The fourth-order valence-electron chi connectivity index (χ4n) is 1.94. The van der Waals surface area contributed by atoms with E-state index in [4.69, 9.17) is 5.73 Å². The summed E-state index contributed by atoms with van der Waals surface area (Å²) in [6.07, 6.45) is -0.0460. The van der Waals surface area contributed by atoms with Crippen molar-refractivity contribution in [3.63, 3.8) is 0 Å². The molecule has 4 nitrogen and oxygen atoms in total. The second kappa shape index (κ2) is 6.33. The molecule has 0 heterocycles. The number of rotatable bonds is 5. The van der Waals surface area contributed by atoms with Crippen molar-refractivity contribution in [3.8, 4) is 0 Å². The lowest BCUT2D eigenvalue weighted by Crippen LogP contribution is -2.49. The Bertz CT molecular complexity index is 622. The van der Waals surface area contributed by atoms with Crippen LogP contribution in [0.25, 0.3) is 0 Å². The Labute approximate surface area is 124 Å². The van der Waals surface area contributed by atoms with Gasteiger partial charge in [-0.05, 0) is 19.1 Å². The molecule has 0 saturated carbocycles. The number of anilines is 1. The van der Waals surface area contributed by atoms with E-state index in [0.717, 1.165) is 0 Å². The summed E-state index contributed by atoms with van der Waals surface area (Å²) in [5.74, 6) is -0.526. The predicted molar refractivity (Wildman–Crippen MR) is 83.1 cm³/mol. The van der Waals surface area contributed by atoms with Gasteiger partial charge in [-0.15, -0.1) is 0 Å². The van der Waals surface area contributed by atoms with Crippen LogP contribution in [0.5, 0.6) is 0 Å². The summed E-state index contributed by atoms with van der Waals surface area (Å²) in [4.78, 5) is 24.4. The minimum atomic E-state index is -1.26. The van der Waals surface area contributed by atoms with Crippen LogP contribution in [0.4, 0.5) is 5.69 Å². The Kier molecular flexibility index (Phi) is 4.50. The number of para-hydroxylation sites is 1. The van der Waals surface area contributed by atoms with Gasteiger partial charge in [0.05, 0.1) is 0 Å². The number of benzene rings is 2. The van der Waals surface area contributed by atoms with Crippen LogP contribution in [0.1, 0.15) is 23.7 Å². The van der Waals surface area contributed by atoms with Crippen LogP contribution in [0, 0.1) is 0 Å². The van der Waals surface area contributed by atoms with E-state index in [0.29, 0.717) is 11.3 Å². The number of hydrogen-bond donors (Lipinski definition) is 2. The normalized spacial score (nSPS) is 13.2. The van der Waals surface area contributed by atoms with Crippen molar-refractivity contribution >= 4 is 17.4 Å². The summed E-state index contributed by atoms with van der Waals surface area (Å²) in [7, 11) is 0. The van der Waals surface area contributed by atoms with Gasteiger partial charge in [0.2, 0.25) is 5.91 Å². The van der Waals surface area contributed by atoms with E-state index in [1.54, 1.807) is 43.3 Å². The van der Waals surface area contributed by atoms with Crippen molar-refractivity contribution in [3.05, 3.63) is 66.2 Å². The van der Waals surface area contributed by atoms with Crippen LogP contribution >= 0.6 is 0 Å². The number of nitrogens with two attached hydrogens (primary N) is 1. The number of nitrogens with one attached hydrogen (secondary N) is 1. The molecular formula is C17H18N2O2. The molecule has 4 heteroatoms. The lowest BCUT2D eigenvalue weighted by Gasteiger charge is -2.22. The monoisotopic (exact) mass is 282 g/mol. The van der Waals surface area contributed by atoms with Gasteiger partial charge < -0.3 is 11.1 Å². The zero-order chi connectivity index (χ0) is 15.3. The fourth-order valence-corrected chi connectivity index (χ4v) is 1.94. The number of Topliss-reactive ketones (excluding diaryl/α,β-unsaturated/α-hetero) is 1. The van der Waals surface area contributed by atoms with Crippen LogP contribution in [-0.2, 0) is 4.79 Å². The van der Waals surface area contributed by atoms with Crippen LogP contribution in [-0.4, -0.2) is 17.2 Å². The highest BCUT2D eigenvalue weighted by molar-refractivity contribution is 6.04. The number of carbonyl (C=O) groups is 2. The van der Waals surface area contributed by atoms with Crippen molar-refractivity contribution < 1.29 is 9.59 Å². The van der Waals surface area contributed by atoms with Gasteiger partial charge in [0.25, 0.3) is 0 Å². The number of ketones is 1. The van der Waals surface area contributed by atoms with Gasteiger partial charge in [-0.25, -0.2) is 0 Å². The molecule has 2 rings (SSSR count). The molecule has 0 aliphatic rings. The van der Waals surface area contributed by atoms with Gasteiger partial charge in [-0.2, -0.15) is 0 Å². The SMILES string of the molecule is CC(N)(CC(=O)c1ccccc1)C(=O)Nc1ccccc1. The van der Waals surface area contributed by atoms with E-state index in [-0.39, 0.29) is 18.1 Å². The molecule has 3 N–H and O–H groups in total. The molecule has 0 radical (unpaired) electrons. The van der Waals surface area contributed by atoms with E-state index < -0.39 is 5.54 Å². The van der Waals surface area contributed by atoms with E-state index in [9.17, 15) is 9.59 Å². The Morgan fingerprint density at radius 2 is 1.52 bits per heavy atom. The first-order valence-corrected chi connectivity index (χ1v) is 6.73. The summed E-state index contributed by atoms with van der Waals surface area (Å²) in [5, 5.41) is 2.72. The number of amides is 1. The lowest BCUT2D eigenvalue weighted by molar-refractivity contribution is -0.120. The van der Waals surface area contributed by atoms with Crippen LogP contribution in [0.2, 0.25) is 0 Å². The molecule has 0 fully saturated rings. The molecule has 1 amide bonds. The molecule has 21 heavy (non-hydrogen) atoms. The molecule has 0 aliphatic carbocycles. The summed E-state index contributed by atoms with van der Waals surface area (Å²) in [5.41, 5.74) is 5.97. The van der Waals surface area contributed by atoms with E-state index >= 15 is 0 Å². The fraction of sp³-hybridized carbons (Fsp3) is 0.176. The zero-order valence-electron chi connectivity index (χ0n) is 11.9. The Morgan fingerprint density at radius 1 is 1.00 bits per heavy atom. The second-order valence-corrected chi connectivity index (χ2v) is 5.20. The molecule has 2 aromatic carbocycles. The molecule has 2 aromatic rings. The standard InChI is InChI=1S/C17H18N2O2/c1-17(18,12-15(20)13-8-4-2-5-9-13)16(21)19-14-10-6-3-7-11-14/h2-11H,12,18H2,1H3,(H,19,21). The van der Waals surface area contributed by atoms with E-state index in [1.807, 2.05) is 24.3 Å². The van der Waals surface area contributed by atoms with Crippen molar-refractivity contribution in [2.45, 2.75) is 18.9 Å². The van der Waals surface area contributed by atoms with Crippen molar-refractivity contribution in [1.82, 2.24) is 0 Å². The first-order valence-electron chi connectivity index (χ1n) is 6.73. The minimum absolute atomic E-state index is 0.0460. The van der Waals surface area contributed by atoms with Crippen LogP contribution in [0.15, 0.2) is 60.7 Å². The summed E-state index contributed by atoms with van der Waals surface area (Å²) < 4.78 is 0. The van der Waals surface area contributed by atoms with Gasteiger partial charge in [0.15, 0.2) is 5.78 Å². The van der Waals surface area contributed by atoms with Crippen molar-refractivity contribution in [2.24, 2.45) is 5.73 Å². The van der Waals surface area contributed by atoms with Gasteiger partial charge in [-0.1, -0.05) is 48.5 Å². The minimum Gasteiger partial charge on any atom is -0.324 e. The third kappa shape index (κ3) is 4.00. The number of carbonyl (C=O) groups excluding carboxylic acids is 2. The van der Waals surface area contributed by atoms with Crippen LogP contribution in [0.3, 0.4) is 0 Å². The molecule has 108 valence electrons. The molecule has 1 atom stereocenters. The lowest BCUT2D eigenvalue weighted by atomic mass is 9.92. The highest BCUT2D eigenvalue weighted by Crippen LogP contribution is 2.15. The van der Waals surface area contributed by atoms with Crippen molar-refractivity contribution in [2.75, 3.05) is 5.32 Å². The van der Waals surface area contributed by atoms with E-state index in [1.165, 1.54) is 0 Å². The predicted octanol–water partition coefficient (Wildman–Crippen LogP) is 2.62. The first kappa shape index (κ1) is 14.9. The summed E-state index contributed by atoms with van der Waals surface area (Å²) in [6.45, 7) is 1.56. The Balaban J connectivity index is 2.04. The molecule has 0 aromatic heterocycles. The third-order valence-electron chi connectivity index (χ3n) is 3.17. The largest absolute Gasteiger partial charge is 0.324 e. The second-order valence-electron chi connectivity index (χ2n) is 5.20. The Hall–Kier alpha value is -2.46. The van der Waals surface area contributed by atoms with Crippen LogP contribution < -0.4 is 11.1 Å².